The first kappa shape index (κ1) is 14.1. The topological polar surface area (TPSA) is 29.3 Å². The van der Waals surface area contributed by atoms with Crippen molar-refractivity contribution in [2.45, 2.75) is 39.9 Å². The highest BCUT2D eigenvalue weighted by molar-refractivity contribution is 7.09. The van der Waals surface area contributed by atoms with E-state index >= 15 is 0 Å². The fourth-order valence-corrected chi connectivity index (χ4v) is 2.93. The number of hydrogen-bond acceptors (Lipinski definition) is 3. The molecule has 0 bridgehead atoms. The molecule has 0 spiro atoms. The Hall–Kier alpha value is -1.32. The molecule has 0 amide bonds. The molecule has 0 unspecified atom stereocenters. The lowest BCUT2D eigenvalue weighted by Crippen LogP contribution is -2.31. The van der Waals surface area contributed by atoms with Crippen molar-refractivity contribution in [2.75, 3.05) is 4.90 Å². The van der Waals surface area contributed by atoms with Gasteiger partial charge in [-0.05, 0) is 49.4 Å². The monoisotopic (exact) mass is 274 g/mol. The van der Waals surface area contributed by atoms with E-state index < -0.39 is 0 Å². The van der Waals surface area contributed by atoms with E-state index in [1.807, 2.05) is 11.3 Å². The molecule has 0 saturated carbocycles. The molecular formula is C16H22N2S. The van der Waals surface area contributed by atoms with Crippen molar-refractivity contribution in [1.29, 1.82) is 0 Å². The van der Waals surface area contributed by atoms with E-state index in [1.165, 1.54) is 21.7 Å². The third-order valence-corrected chi connectivity index (χ3v) is 4.16. The minimum Gasteiger partial charge on any atom is -0.364 e. The zero-order chi connectivity index (χ0) is 13.8. The number of aryl methyl sites for hydroxylation is 1. The first-order valence-corrected chi connectivity index (χ1v) is 7.58. The van der Waals surface area contributed by atoms with Gasteiger partial charge in [0.15, 0.2) is 0 Å². The largest absolute Gasteiger partial charge is 0.364 e. The van der Waals surface area contributed by atoms with Crippen LogP contribution in [0, 0.1) is 6.92 Å². The van der Waals surface area contributed by atoms with Crippen molar-refractivity contribution >= 4 is 17.0 Å². The lowest BCUT2D eigenvalue weighted by atomic mass is 10.1. The second kappa shape index (κ2) is 6.22. The van der Waals surface area contributed by atoms with Crippen LogP contribution in [0.2, 0.25) is 0 Å². The molecule has 1 aromatic heterocycles. The van der Waals surface area contributed by atoms with E-state index in [1.54, 1.807) is 0 Å². The lowest BCUT2D eigenvalue weighted by molar-refractivity contribution is 0.683. The molecule has 0 aliphatic carbocycles. The van der Waals surface area contributed by atoms with Crippen LogP contribution in [0.15, 0.2) is 35.7 Å². The van der Waals surface area contributed by atoms with E-state index in [2.05, 4.69) is 61.4 Å². The van der Waals surface area contributed by atoms with Crippen molar-refractivity contribution in [3.8, 4) is 0 Å². The van der Waals surface area contributed by atoms with Gasteiger partial charge >= 0.3 is 0 Å². The van der Waals surface area contributed by atoms with Gasteiger partial charge in [0.05, 0.1) is 6.54 Å². The standard InChI is InChI=1S/C16H22N2S/c1-12(2)18(11-15-5-4-8-19-15)16-9-13(3)6-7-14(16)10-17/h4-9,12H,10-11,17H2,1-3H3. The third kappa shape index (κ3) is 3.37. The highest BCUT2D eigenvalue weighted by Crippen LogP contribution is 2.27. The van der Waals surface area contributed by atoms with Crippen LogP contribution in [0.4, 0.5) is 5.69 Å². The molecule has 0 aliphatic heterocycles. The summed E-state index contributed by atoms with van der Waals surface area (Å²) < 4.78 is 0. The molecule has 0 radical (unpaired) electrons. The fraction of sp³-hybridized carbons (Fsp3) is 0.375. The molecule has 3 heteroatoms. The van der Waals surface area contributed by atoms with Crippen LogP contribution < -0.4 is 10.6 Å². The number of nitrogens with two attached hydrogens (primary N) is 1. The second-order valence-corrected chi connectivity index (χ2v) is 6.17. The molecule has 2 nitrogen and oxygen atoms in total. The Morgan fingerprint density at radius 1 is 1.26 bits per heavy atom. The molecule has 0 aliphatic rings. The van der Waals surface area contributed by atoms with E-state index in [0.29, 0.717) is 12.6 Å². The summed E-state index contributed by atoms with van der Waals surface area (Å²) >= 11 is 1.81. The van der Waals surface area contributed by atoms with Crippen LogP contribution in [-0.4, -0.2) is 6.04 Å². The molecule has 0 fully saturated rings. The van der Waals surface area contributed by atoms with Crippen LogP contribution in [0.3, 0.4) is 0 Å². The van der Waals surface area contributed by atoms with Crippen molar-refractivity contribution in [3.05, 3.63) is 51.7 Å². The first-order chi connectivity index (χ1) is 9.11. The van der Waals surface area contributed by atoms with Gasteiger partial charge in [-0.15, -0.1) is 11.3 Å². The van der Waals surface area contributed by atoms with Crippen molar-refractivity contribution in [1.82, 2.24) is 0 Å². The van der Waals surface area contributed by atoms with Gasteiger partial charge in [0.2, 0.25) is 0 Å². The van der Waals surface area contributed by atoms with Crippen LogP contribution in [0.1, 0.15) is 29.9 Å². The Labute approximate surface area is 119 Å². The van der Waals surface area contributed by atoms with Crippen molar-refractivity contribution in [2.24, 2.45) is 5.73 Å². The van der Waals surface area contributed by atoms with Crippen molar-refractivity contribution in [3.63, 3.8) is 0 Å². The Bertz CT molecular complexity index is 518. The second-order valence-electron chi connectivity index (χ2n) is 5.14. The number of rotatable bonds is 5. The Balaban J connectivity index is 2.35. The summed E-state index contributed by atoms with van der Waals surface area (Å²) in [6, 6.07) is 11.3. The highest BCUT2D eigenvalue weighted by Gasteiger charge is 2.15. The van der Waals surface area contributed by atoms with Crippen LogP contribution in [0.25, 0.3) is 0 Å². The summed E-state index contributed by atoms with van der Waals surface area (Å²) in [5, 5.41) is 2.13. The maximum atomic E-state index is 5.89. The van der Waals surface area contributed by atoms with Gasteiger partial charge in [0, 0.05) is 23.2 Å². The van der Waals surface area contributed by atoms with Gasteiger partial charge in [-0.2, -0.15) is 0 Å². The summed E-state index contributed by atoms with van der Waals surface area (Å²) in [5.41, 5.74) is 9.66. The normalized spacial score (nSPS) is 11.0. The van der Waals surface area contributed by atoms with E-state index in [4.69, 9.17) is 5.73 Å². The minimum atomic E-state index is 0.453. The highest BCUT2D eigenvalue weighted by atomic mass is 32.1. The fourth-order valence-electron chi connectivity index (χ4n) is 2.23. The maximum Gasteiger partial charge on any atom is 0.0525 e. The average molecular weight is 274 g/mol. The molecule has 1 aromatic carbocycles. The van der Waals surface area contributed by atoms with Crippen LogP contribution in [0.5, 0.6) is 0 Å². The minimum absolute atomic E-state index is 0.453. The summed E-state index contributed by atoms with van der Waals surface area (Å²) in [6.07, 6.45) is 0. The Morgan fingerprint density at radius 3 is 2.63 bits per heavy atom. The molecule has 2 N–H and O–H groups in total. The van der Waals surface area contributed by atoms with Gasteiger partial charge in [-0.25, -0.2) is 0 Å². The molecule has 0 saturated heterocycles. The predicted molar refractivity (Wildman–Crippen MR) is 84.7 cm³/mol. The number of anilines is 1. The molecule has 19 heavy (non-hydrogen) atoms. The smallest absolute Gasteiger partial charge is 0.0525 e. The van der Waals surface area contributed by atoms with Gasteiger partial charge in [-0.3, -0.25) is 0 Å². The SMILES string of the molecule is Cc1ccc(CN)c(N(Cc2cccs2)C(C)C)c1. The van der Waals surface area contributed by atoms with Crippen LogP contribution in [-0.2, 0) is 13.1 Å². The Kier molecular flexibility index (Phi) is 4.61. The average Bonchev–Trinajstić information content (AvgIpc) is 2.88. The van der Waals surface area contributed by atoms with Crippen LogP contribution >= 0.6 is 11.3 Å². The third-order valence-electron chi connectivity index (χ3n) is 3.30. The summed E-state index contributed by atoms with van der Waals surface area (Å²) in [6.45, 7) is 8.13. The number of hydrogen-bond donors (Lipinski definition) is 1. The zero-order valence-electron chi connectivity index (χ0n) is 11.9. The first-order valence-electron chi connectivity index (χ1n) is 6.70. The summed E-state index contributed by atoms with van der Waals surface area (Å²) in [4.78, 5) is 3.82. The van der Waals surface area contributed by atoms with Crippen molar-refractivity contribution < 1.29 is 0 Å². The summed E-state index contributed by atoms with van der Waals surface area (Å²) in [5.74, 6) is 0. The lowest BCUT2D eigenvalue weighted by Gasteiger charge is -2.31. The predicted octanol–water partition coefficient (Wildman–Crippen LogP) is 3.93. The molecule has 1 heterocycles. The molecule has 102 valence electrons. The maximum absolute atomic E-state index is 5.89. The van der Waals surface area contributed by atoms with E-state index in [0.717, 1.165) is 6.54 Å². The van der Waals surface area contributed by atoms with Gasteiger partial charge in [0.25, 0.3) is 0 Å². The molecular weight excluding hydrogens is 252 g/mol. The van der Waals surface area contributed by atoms with Gasteiger partial charge in [0.1, 0.15) is 0 Å². The van der Waals surface area contributed by atoms with Gasteiger partial charge < -0.3 is 10.6 Å². The molecule has 0 atom stereocenters. The van der Waals surface area contributed by atoms with Gasteiger partial charge in [-0.1, -0.05) is 18.2 Å². The number of thiophene rings is 1. The zero-order valence-corrected chi connectivity index (χ0v) is 12.7. The van der Waals surface area contributed by atoms with E-state index in [9.17, 15) is 0 Å². The number of nitrogens with zero attached hydrogens (tertiary/aromatic N) is 1. The molecule has 2 aromatic rings. The molecule has 2 rings (SSSR count). The van der Waals surface area contributed by atoms with E-state index in [-0.39, 0.29) is 0 Å². The number of benzene rings is 1. The quantitative estimate of drug-likeness (QED) is 0.895. The summed E-state index contributed by atoms with van der Waals surface area (Å²) in [7, 11) is 0. The Morgan fingerprint density at radius 2 is 2.05 bits per heavy atom.